The number of H-pyrrole nitrogens is 2. The highest BCUT2D eigenvalue weighted by Crippen LogP contribution is 2.58. The molecule has 0 fully saturated rings. The Morgan fingerprint density at radius 2 is 0.943 bits per heavy atom. The fraction of sp³-hybridized carbons (Fsp3) is 0.172. The normalized spacial score (nSPS) is 21.8. The summed E-state index contributed by atoms with van der Waals surface area (Å²) >= 11 is 0. The maximum Gasteiger partial charge on any atom is 0.339 e. The van der Waals surface area contributed by atoms with Gasteiger partial charge in [-0.05, 0) is 28.7 Å². The fourth-order valence-corrected chi connectivity index (χ4v) is 5.45. The van der Waals surface area contributed by atoms with Gasteiger partial charge in [-0.2, -0.15) is 0 Å². The summed E-state index contributed by atoms with van der Waals surface area (Å²) in [7, 11) is 0. The van der Waals surface area contributed by atoms with Crippen LogP contribution in [0.3, 0.4) is 0 Å². The lowest BCUT2D eigenvalue weighted by Crippen LogP contribution is -2.35. The molecule has 2 aromatic heterocycles. The minimum atomic E-state index is -0.429. The van der Waals surface area contributed by atoms with Gasteiger partial charge in [0.25, 0.3) is 0 Å². The molecule has 6 nitrogen and oxygen atoms in total. The first kappa shape index (κ1) is 21.2. The number of ether oxygens (including phenoxy) is 2. The third-order valence-electron chi connectivity index (χ3n) is 7.02. The summed E-state index contributed by atoms with van der Waals surface area (Å²) in [6.45, 7) is 0. The Balaban J connectivity index is 1.41. The molecule has 0 saturated carbocycles. The number of aromatic nitrogens is 2. The monoisotopic (exact) mass is 464 g/mol. The highest BCUT2D eigenvalue weighted by molar-refractivity contribution is 5.90. The van der Waals surface area contributed by atoms with Crippen LogP contribution in [0.25, 0.3) is 0 Å². The summed E-state index contributed by atoms with van der Waals surface area (Å²) in [5.74, 6) is -0.786. The Bertz CT molecular complexity index is 1280. The van der Waals surface area contributed by atoms with Crippen LogP contribution in [0.5, 0.6) is 0 Å². The summed E-state index contributed by atoms with van der Waals surface area (Å²) in [6.07, 6.45) is 6.70. The van der Waals surface area contributed by atoms with Crippen molar-refractivity contribution in [2.75, 3.05) is 0 Å². The molecule has 6 heteroatoms. The maximum absolute atomic E-state index is 13.1. The molecule has 2 bridgehead atoms. The Labute approximate surface area is 202 Å². The number of pyridine rings is 2. The zero-order valence-corrected chi connectivity index (χ0v) is 18.9. The van der Waals surface area contributed by atoms with Gasteiger partial charge in [-0.1, -0.05) is 48.5 Å². The van der Waals surface area contributed by atoms with E-state index in [1.54, 1.807) is 49.1 Å². The predicted octanol–water partition coefficient (Wildman–Crippen LogP) is 4.40. The van der Waals surface area contributed by atoms with Gasteiger partial charge in [-0.3, -0.25) is 0 Å². The number of hydrogen-bond donors (Lipinski definition) is 0. The average molecular weight is 465 g/mol. The molecule has 0 amide bonds. The SMILES string of the molecule is O=C(O[C@H]1c2ccccc2[C@@H]2C[C@H]1c1ccccc1[C@@H]2OC(=O)c1cc[nH+]cc1)c1cc[nH+]cc1. The Morgan fingerprint density at radius 3 is 1.34 bits per heavy atom. The third kappa shape index (κ3) is 3.77. The fourth-order valence-electron chi connectivity index (χ4n) is 5.45. The lowest BCUT2D eigenvalue weighted by molar-refractivity contribution is -0.378. The second-order valence-corrected chi connectivity index (χ2v) is 8.94. The molecule has 0 aliphatic heterocycles. The Kier molecular flexibility index (Phi) is 5.34. The molecule has 2 aromatic carbocycles. The third-order valence-corrected chi connectivity index (χ3v) is 7.02. The van der Waals surface area contributed by atoms with Crippen molar-refractivity contribution < 1.29 is 29.0 Å². The summed E-state index contributed by atoms with van der Waals surface area (Å²) < 4.78 is 12.3. The van der Waals surface area contributed by atoms with E-state index < -0.39 is 12.2 Å². The van der Waals surface area contributed by atoms with Gasteiger partial charge in [-0.15, -0.1) is 0 Å². The van der Waals surface area contributed by atoms with Crippen LogP contribution in [0, 0.1) is 0 Å². The molecule has 4 aromatic rings. The van der Waals surface area contributed by atoms with Crippen LogP contribution in [-0.2, 0) is 9.47 Å². The van der Waals surface area contributed by atoms with E-state index in [1.807, 2.05) is 36.4 Å². The number of carbonyl (C=O) groups is 2. The second kappa shape index (κ2) is 8.80. The van der Waals surface area contributed by atoms with Crippen molar-refractivity contribution in [3.63, 3.8) is 0 Å². The molecule has 0 spiro atoms. The molecule has 172 valence electrons. The standard InChI is InChI=1S/C29H22N2O4/c32-28(18-9-13-30-14-10-18)34-26-22-7-3-1-5-20(22)24-17-25(26)21-6-2-4-8-23(21)27(24)35-29(33)19-11-15-31-16-12-19/h1-16,24-27H,17H2/p+2/t24-,25-,26-,27-/m0/s1. The van der Waals surface area contributed by atoms with Crippen molar-refractivity contribution in [3.8, 4) is 0 Å². The average Bonchev–Trinajstić information content (AvgIpc) is 2.93. The van der Waals surface area contributed by atoms with Crippen LogP contribution in [0.1, 0.15) is 73.4 Å². The van der Waals surface area contributed by atoms with E-state index in [-0.39, 0.29) is 23.8 Å². The van der Waals surface area contributed by atoms with Crippen LogP contribution < -0.4 is 9.97 Å². The van der Waals surface area contributed by atoms with E-state index in [9.17, 15) is 9.59 Å². The van der Waals surface area contributed by atoms with Gasteiger partial charge < -0.3 is 9.47 Å². The van der Waals surface area contributed by atoms with E-state index >= 15 is 0 Å². The van der Waals surface area contributed by atoms with Crippen molar-refractivity contribution in [1.29, 1.82) is 0 Å². The molecule has 0 unspecified atom stereocenters. The number of rotatable bonds is 4. The van der Waals surface area contributed by atoms with Gasteiger partial charge >= 0.3 is 11.9 Å². The van der Waals surface area contributed by atoms with Crippen molar-refractivity contribution in [3.05, 3.63) is 131 Å². The molecular formula is C29H24N2O4+2. The molecule has 6 rings (SSSR count). The summed E-state index contributed by atoms with van der Waals surface area (Å²) in [6, 6.07) is 22.9. The molecule has 0 radical (unpaired) electrons. The number of aromatic amines is 2. The predicted molar refractivity (Wildman–Crippen MR) is 125 cm³/mol. The molecule has 2 N–H and O–H groups in total. The smallest absolute Gasteiger partial charge is 0.339 e. The second-order valence-electron chi connectivity index (χ2n) is 8.94. The molecular weight excluding hydrogens is 440 g/mol. The summed E-state index contributed by atoms with van der Waals surface area (Å²) in [4.78, 5) is 32.0. The lowest BCUT2D eigenvalue weighted by atomic mass is 9.64. The number of benzene rings is 2. The van der Waals surface area contributed by atoms with Gasteiger partial charge in [0.15, 0.2) is 24.8 Å². The van der Waals surface area contributed by atoms with Crippen molar-refractivity contribution in [1.82, 2.24) is 0 Å². The molecule has 35 heavy (non-hydrogen) atoms. The van der Waals surface area contributed by atoms with Crippen LogP contribution >= 0.6 is 0 Å². The van der Waals surface area contributed by atoms with Gasteiger partial charge in [0.05, 0.1) is 11.1 Å². The number of fused-ring (bicyclic) bond motifs is 6. The minimum Gasteiger partial charge on any atom is -0.453 e. The van der Waals surface area contributed by atoms with Gasteiger partial charge in [0.1, 0.15) is 12.2 Å². The van der Waals surface area contributed by atoms with Crippen LogP contribution in [0.15, 0.2) is 97.6 Å². The largest absolute Gasteiger partial charge is 0.453 e. The van der Waals surface area contributed by atoms with E-state index in [2.05, 4.69) is 22.1 Å². The zero-order chi connectivity index (χ0) is 23.8. The van der Waals surface area contributed by atoms with Crippen molar-refractivity contribution in [2.45, 2.75) is 30.5 Å². The Hall–Kier alpha value is -4.32. The highest BCUT2D eigenvalue weighted by Gasteiger charge is 2.47. The number of nitrogens with one attached hydrogen (secondary N) is 2. The van der Waals surface area contributed by atoms with E-state index in [0.29, 0.717) is 11.1 Å². The Morgan fingerprint density at radius 1 is 0.571 bits per heavy atom. The van der Waals surface area contributed by atoms with Crippen LogP contribution in [-0.4, -0.2) is 11.9 Å². The molecule has 2 heterocycles. The van der Waals surface area contributed by atoms with Crippen LogP contribution in [0.2, 0.25) is 0 Å². The van der Waals surface area contributed by atoms with E-state index in [1.165, 1.54) is 0 Å². The molecule has 0 saturated heterocycles. The topological polar surface area (TPSA) is 80.9 Å². The zero-order valence-electron chi connectivity index (χ0n) is 18.9. The van der Waals surface area contributed by atoms with Gasteiger partial charge in [-0.25, -0.2) is 19.6 Å². The van der Waals surface area contributed by atoms with Crippen molar-refractivity contribution in [2.24, 2.45) is 0 Å². The first-order valence-corrected chi connectivity index (χ1v) is 11.7. The number of carbonyl (C=O) groups excluding carboxylic acids is 2. The maximum atomic E-state index is 13.1. The summed E-state index contributed by atoms with van der Waals surface area (Å²) in [5, 5.41) is 0. The van der Waals surface area contributed by atoms with E-state index in [0.717, 1.165) is 28.7 Å². The lowest BCUT2D eigenvalue weighted by Gasteiger charge is -2.45. The minimum absolute atomic E-state index is 0.0356. The van der Waals surface area contributed by atoms with Crippen LogP contribution in [0.4, 0.5) is 0 Å². The summed E-state index contributed by atoms with van der Waals surface area (Å²) in [5.41, 5.74) is 5.04. The molecule has 2 aliphatic rings. The van der Waals surface area contributed by atoms with E-state index in [4.69, 9.17) is 9.47 Å². The number of hydrogen-bond acceptors (Lipinski definition) is 4. The van der Waals surface area contributed by atoms with Gasteiger partial charge in [0.2, 0.25) is 0 Å². The highest BCUT2D eigenvalue weighted by atomic mass is 16.5. The first-order valence-electron chi connectivity index (χ1n) is 11.7. The molecule has 2 aliphatic carbocycles. The van der Waals surface area contributed by atoms with Gasteiger partial charge in [0, 0.05) is 36.1 Å². The quantitative estimate of drug-likeness (QED) is 0.420. The number of esters is 2. The van der Waals surface area contributed by atoms with Crippen molar-refractivity contribution >= 4 is 11.9 Å². The first-order chi connectivity index (χ1) is 17.2. The molecule has 4 atom stereocenters.